The van der Waals surface area contributed by atoms with Crippen molar-refractivity contribution in [2.24, 2.45) is 0 Å². The van der Waals surface area contributed by atoms with Gasteiger partial charge in [0.2, 0.25) is 0 Å². The summed E-state index contributed by atoms with van der Waals surface area (Å²) in [6.45, 7) is 2.53. The lowest BCUT2D eigenvalue weighted by molar-refractivity contribution is -0.140. The van der Waals surface area contributed by atoms with E-state index >= 15 is 0 Å². The highest BCUT2D eigenvalue weighted by Gasteiger charge is 2.32. The Bertz CT molecular complexity index is 324. The second-order valence-corrected chi connectivity index (χ2v) is 5.96. The van der Waals surface area contributed by atoms with Gasteiger partial charge in [-0.15, -0.1) is 11.3 Å². The summed E-state index contributed by atoms with van der Waals surface area (Å²) in [7, 11) is 0. The zero-order chi connectivity index (χ0) is 12.2. The Morgan fingerprint density at radius 3 is 2.56 bits per heavy atom. The molecule has 1 atom stereocenters. The van der Waals surface area contributed by atoms with Crippen molar-refractivity contribution in [3.63, 3.8) is 0 Å². The molecule has 0 aliphatic carbocycles. The molecule has 1 nitrogen and oxygen atoms in total. The van der Waals surface area contributed by atoms with E-state index in [1.807, 2.05) is 6.92 Å². The average molecular weight is 316 g/mol. The lowest BCUT2D eigenvalue weighted by Crippen LogP contribution is -2.26. The van der Waals surface area contributed by atoms with Crippen molar-refractivity contribution in [1.29, 1.82) is 0 Å². The minimum absolute atomic E-state index is 0.594. The molecule has 0 fully saturated rings. The molecule has 1 unspecified atom stereocenters. The number of nitrogens with one attached hydrogen (secondary N) is 1. The number of rotatable bonds is 5. The number of halogens is 4. The van der Waals surface area contributed by atoms with Crippen molar-refractivity contribution >= 4 is 27.3 Å². The van der Waals surface area contributed by atoms with Gasteiger partial charge >= 0.3 is 6.18 Å². The Balaban J connectivity index is 2.71. The van der Waals surface area contributed by atoms with E-state index in [1.165, 1.54) is 11.3 Å². The SMILES string of the molecule is CCCNC(CC(F)(F)F)c1ccc(Br)s1. The summed E-state index contributed by atoms with van der Waals surface area (Å²) in [5.41, 5.74) is 0. The van der Waals surface area contributed by atoms with Crippen molar-refractivity contribution in [2.45, 2.75) is 32.0 Å². The maximum Gasteiger partial charge on any atom is 0.390 e. The molecule has 1 N–H and O–H groups in total. The van der Waals surface area contributed by atoms with Gasteiger partial charge in [-0.1, -0.05) is 6.92 Å². The molecule has 1 aromatic rings. The highest BCUT2D eigenvalue weighted by Crippen LogP contribution is 2.34. The molecule has 92 valence electrons. The van der Waals surface area contributed by atoms with Crippen LogP contribution in [0.1, 0.15) is 30.7 Å². The van der Waals surface area contributed by atoms with Gasteiger partial charge in [-0.05, 0) is 41.0 Å². The fraction of sp³-hybridized carbons (Fsp3) is 0.600. The molecule has 0 aliphatic rings. The van der Waals surface area contributed by atoms with Gasteiger partial charge in [0, 0.05) is 4.88 Å². The van der Waals surface area contributed by atoms with E-state index in [9.17, 15) is 13.2 Å². The molecule has 0 radical (unpaired) electrons. The van der Waals surface area contributed by atoms with Crippen LogP contribution in [-0.4, -0.2) is 12.7 Å². The Hall–Kier alpha value is -0.0700. The standard InChI is InChI=1S/C10H13BrF3NS/c1-2-5-15-7(6-10(12,13)14)8-3-4-9(11)16-8/h3-4,7,15H,2,5-6H2,1H3. The summed E-state index contributed by atoms with van der Waals surface area (Å²) in [6, 6.07) is 2.88. The van der Waals surface area contributed by atoms with Crippen molar-refractivity contribution in [2.75, 3.05) is 6.54 Å². The van der Waals surface area contributed by atoms with E-state index in [0.29, 0.717) is 6.54 Å². The molecule has 0 bridgehead atoms. The molecular weight excluding hydrogens is 303 g/mol. The van der Waals surface area contributed by atoms with Crippen LogP contribution in [0.5, 0.6) is 0 Å². The van der Waals surface area contributed by atoms with Crippen LogP contribution < -0.4 is 5.32 Å². The quantitative estimate of drug-likeness (QED) is 0.843. The van der Waals surface area contributed by atoms with Gasteiger partial charge in [-0.2, -0.15) is 13.2 Å². The first-order chi connectivity index (χ1) is 7.42. The van der Waals surface area contributed by atoms with Crippen molar-refractivity contribution < 1.29 is 13.2 Å². The maximum atomic E-state index is 12.4. The summed E-state index contributed by atoms with van der Waals surface area (Å²) in [5.74, 6) is 0. The van der Waals surface area contributed by atoms with E-state index in [0.717, 1.165) is 15.1 Å². The van der Waals surface area contributed by atoms with Gasteiger partial charge in [-0.25, -0.2) is 0 Å². The summed E-state index contributed by atoms with van der Waals surface area (Å²) >= 11 is 4.60. The normalized spacial score (nSPS) is 14.1. The first-order valence-electron chi connectivity index (χ1n) is 4.97. The smallest absolute Gasteiger partial charge is 0.309 e. The third-order valence-electron chi connectivity index (χ3n) is 2.01. The summed E-state index contributed by atoms with van der Waals surface area (Å²) in [4.78, 5) is 0.720. The molecule has 1 rings (SSSR count). The van der Waals surface area contributed by atoms with E-state index in [2.05, 4.69) is 21.2 Å². The second-order valence-electron chi connectivity index (χ2n) is 3.47. The van der Waals surface area contributed by atoms with Gasteiger partial charge in [-0.3, -0.25) is 0 Å². The van der Waals surface area contributed by atoms with Crippen molar-refractivity contribution in [1.82, 2.24) is 5.32 Å². The zero-order valence-corrected chi connectivity index (χ0v) is 11.2. The van der Waals surface area contributed by atoms with Gasteiger partial charge in [0.1, 0.15) is 0 Å². The van der Waals surface area contributed by atoms with Crippen LogP contribution >= 0.6 is 27.3 Å². The Morgan fingerprint density at radius 1 is 1.44 bits per heavy atom. The van der Waals surface area contributed by atoms with Gasteiger partial charge < -0.3 is 5.32 Å². The molecular formula is C10H13BrF3NS. The largest absolute Gasteiger partial charge is 0.390 e. The Kier molecular flexibility index (Phi) is 5.27. The molecule has 0 saturated carbocycles. The van der Waals surface area contributed by atoms with Crippen LogP contribution in [0.4, 0.5) is 13.2 Å². The fourth-order valence-electron chi connectivity index (χ4n) is 1.34. The molecule has 0 amide bonds. The highest BCUT2D eigenvalue weighted by atomic mass is 79.9. The lowest BCUT2D eigenvalue weighted by atomic mass is 10.1. The Labute approximate surface area is 105 Å². The summed E-state index contributed by atoms with van der Waals surface area (Å²) in [5, 5.41) is 2.93. The third-order valence-corrected chi connectivity index (χ3v) is 3.75. The monoisotopic (exact) mass is 315 g/mol. The Morgan fingerprint density at radius 2 is 2.12 bits per heavy atom. The van der Waals surface area contributed by atoms with Crippen LogP contribution in [0, 0.1) is 0 Å². The molecule has 1 aromatic heterocycles. The number of hydrogen-bond acceptors (Lipinski definition) is 2. The van der Waals surface area contributed by atoms with Crippen LogP contribution in [0.15, 0.2) is 15.9 Å². The summed E-state index contributed by atoms with van der Waals surface area (Å²) in [6.07, 6.45) is -4.14. The van der Waals surface area contributed by atoms with Gasteiger partial charge in [0.25, 0.3) is 0 Å². The van der Waals surface area contributed by atoms with Crippen LogP contribution in [0.3, 0.4) is 0 Å². The van der Waals surface area contributed by atoms with Crippen molar-refractivity contribution in [3.05, 3.63) is 20.8 Å². The molecule has 0 spiro atoms. The molecule has 0 aliphatic heterocycles. The lowest BCUT2D eigenvalue weighted by Gasteiger charge is -2.18. The van der Waals surface area contributed by atoms with E-state index in [-0.39, 0.29) is 0 Å². The minimum atomic E-state index is -4.14. The fourth-order valence-corrected chi connectivity index (χ4v) is 2.84. The van der Waals surface area contributed by atoms with Crippen molar-refractivity contribution in [3.8, 4) is 0 Å². The number of alkyl halides is 3. The van der Waals surface area contributed by atoms with E-state index in [1.54, 1.807) is 12.1 Å². The predicted molar refractivity (Wildman–Crippen MR) is 63.7 cm³/mol. The van der Waals surface area contributed by atoms with Gasteiger partial charge in [0.05, 0.1) is 16.2 Å². The molecule has 0 aromatic carbocycles. The molecule has 6 heteroatoms. The molecule has 16 heavy (non-hydrogen) atoms. The molecule has 1 heterocycles. The highest BCUT2D eigenvalue weighted by molar-refractivity contribution is 9.11. The van der Waals surface area contributed by atoms with E-state index in [4.69, 9.17) is 0 Å². The maximum absolute atomic E-state index is 12.4. The second kappa shape index (κ2) is 6.02. The number of hydrogen-bond donors (Lipinski definition) is 1. The van der Waals surface area contributed by atoms with Crippen LogP contribution in [0.25, 0.3) is 0 Å². The summed E-state index contributed by atoms with van der Waals surface area (Å²) < 4.78 is 38.0. The third kappa shape index (κ3) is 4.84. The average Bonchev–Trinajstić information content (AvgIpc) is 2.57. The van der Waals surface area contributed by atoms with Gasteiger partial charge in [0.15, 0.2) is 0 Å². The first kappa shape index (κ1) is 14.0. The number of thiophene rings is 1. The zero-order valence-electron chi connectivity index (χ0n) is 8.77. The molecule has 0 saturated heterocycles. The van der Waals surface area contributed by atoms with Crippen LogP contribution in [-0.2, 0) is 0 Å². The predicted octanol–water partition coefficient (Wildman–Crippen LogP) is 4.50. The van der Waals surface area contributed by atoms with E-state index < -0.39 is 18.6 Å². The first-order valence-corrected chi connectivity index (χ1v) is 6.58. The topological polar surface area (TPSA) is 12.0 Å². The minimum Gasteiger partial charge on any atom is -0.309 e. The van der Waals surface area contributed by atoms with Crippen LogP contribution in [0.2, 0.25) is 0 Å².